The van der Waals surface area contributed by atoms with Gasteiger partial charge < -0.3 is 0 Å². The van der Waals surface area contributed by atoms with Gasteiger partial charge in [-0.15, -0.1) is 0 Å². The van der Waals surface area contributed by atoms with E-state index in [1.165, 1.54) is 0 Å². The molecule has 0 spiro atoms. The lowest BCUT2D eigenvalue weighted by Gasteiger charge is -2.30. The first-order valence-corrected chi connectivity index (χ1v) is 8.45. The molecule has 0 radical (unpaired) electrons. The Morgan fingerprint density at radius 2 is 1.90 bits per heavy atom. The lowest BCUT2D eigenvalue weighted by molar-refractivity contribution is -0.130. The minimum absolute atomic E-state index is 0.0511. The van der Waals surface area contributed by atoms with E-state index >= 15 is 0 Å². The molecule has 0 saturated heterocycles. The van der Waals surface area contributed by atoms with Crippen molar-refractivity contribution in [3.8, 4) is 0 Å². The fraction of sp³-hybridized carbons (Fsp3) is 0.643. The van der Waals surface area contributed by atoms with Crippen molar-refractivity contribution < 1.29 is 26.5 Å². The van der Waals surface area contributed by atoms with E-state index in [9.17, 15) is 22.0 Å². The van der Waals surface area contributed by atoms with Gasteiger partial charge in [-0.25, -0.2) is 0 Å². The van der Waals surface area contributed by atoms with Crippen LogP contribution < -0.4 is 0 Å². The highest BCUT2D eigenvalue weighted by Crippen LogP contribution is 2.65. The second-order valence-corrected chi connectivity index (χ2v) is 8.01. The molecule has 4 rings (SSSR count). The Balaban J connectivity index is 1.74. The van der Waals surface area contributed by atoms with Gasteiger partial charge in [0, 0.05) is 5.57 Å². The van der Waals surface area contributed by atoms with Crippen molar-refractivity contribution >= 4 is 15.9 Å². The molecule has 5 unspecified atom stereocenters. The van der Waals surface area contributed by atoms with Crippen LogP contribution in [0.3, 0.4) is 0 Å². The van der Waals surface area contributed by atoms with Crippen molar-refractivity contribution in [1.29, 1.82) is 0 Å². The van der Waals surface area contributed by atoms with Crippen LogP contribution >= 0.6 is 0 Å². The van der Waals surface area contributed by atoms with Gasteiger partial charge in [0.15, 0.2) is 0 Å². The molecule has 4 nitrogen and oxygen atoms in total. The van der Waals surface area contributed by atoms with Crippen molar-refractivity contribution in [2.24, 2.45) is 29.6 Å². The second kappa shape index (κ2) is 3.81. The molecule has 4 aliphatic rings. The van der Waals surface area contributed by atoms with Crippen LogP contribution in [0, 0.1) is 29.6 Å². The second-order valence-electron chi connectivity index (χ2n) is 6.54. The lowest BCUT2D eigenvalue weighted by atomic mass is 9.74. The van der Waals surface area contributed by atoms with Crippen LogP contribution in [0.2, 0.25) is 0 Å². The molecule has 4 aliphatic carbocycles. The Bertz CT molecular complexity index is 706. The van der Waals surface area contributed by atoms with Gasteiger partial charge in [-0.3, -0.25) is 9.35 Å². The Kier molecular flexibility index (Phi) is 2.46. The molecular formula is C14H14F2O4S. The van der Waals surface area contributed by atoms with Gasteiger partial charge in [-0.2, -0.15) is 17.2 Å². The molecule has 0 amide bonds. The number of hydrogen-bond donors (Lipinski definition) is 1. The summed E-state index contributed by atoms with van der Waals surface area (Å²) in [6, 6.07) is 0. The smallest absolute Gasteiger partial charge is 0.286 e. The first-order chi connectivity index (χ1) is 9.72. The molecule has 2 saturated carbocycles. The normalized spacial score (nSPS) is 40.2. The maximum Gasteiger partial charge on any atom is 0.430 e. The van der Waals surface area contributed by atoms with Crippen LogP contribution in [0.5, 0.6) is 0 Å². The molecule has 0 aromatic carbocycles. The molecule has 2 fully saturated rings. The van der Waals surface area contributed by atoms with E-state index in [2.05, 4.69) is 12.2 Å². The van der Waals surface area contributed by atoms with E-state index in [0.29, 0.717) is 24.2 Å². The number of ketones is 1. The zero-order chi connectivity index (χ0) is 15.2. The van der Waals surface area contributed by atoms with Crippen molar-refractivity contribution in [2.75, 3.05) is 0 Å². The van der Waals surface area contributed by atoms with Gasteiger partial charge in [0.1, 0.15) is 0 Å². The number of allylic oxidation sites excluding steroid dienone is 4. The topological polar surface area (TPSA) is 71.4 Å². The summed E-state index contributed by atoms with van der Waals surface area (Å²) in [5.74, 6) is -0.252. The highest BCUT2D eigenvalue weighted by Gasteiger charge is 2.61. The number of alkyl halides is 2. The van der Waals surface area contributed by atoms with E-state index in [1.807, 2.05) is 0 Å². The summed E-state index contributed by atoms with van der Waals surface area (Å²) in [4.78, 5) is 11.9. The zero-order valence-electron chi connectivity index (χ0n) is 11.0. The number of fused-ring (bicyclic) bond motifs is 9. The summed E-state index contributed by atoms with van der Waals surface area (Å²) >= 11 is 0. The molecule has 4 bridgehead atoms. The summed E-state index contributed by atoms with van der Waals surface area (Å²) in [7, 11) is -5.72. The van der Waals surface area contributed by atoms with Crippen molar-refractivity contribution in [1.82, 2.24) is 0 Å². The number of hydrogen-bond acceptors (Lipinski definition) is 3. The van der Waals surface area contributed by atoms with Gasteiger partial charge in [-0.05, 0) is 48.9 Å². The first-order valence-electron chi connectivity index (χ1n) is 7.01. The highest BCUT2D eigenvalue weighted by atomic mass is 32.2. The Labute approximate surface area is 120 Å². The van der Waals surface area contributed by atoms with E-state index in [0.717, 1.165) is 12.0 Å². The Morgan fingerprint density at radius 3 is 2.57 bits per heavy atom. The van der Waals surface area contributed by atoms with Crippen LogP contribution in [0.1, 0.15) is 19.3 Å². The van der Waals surface area contributed by atoms with E-state index in [-0.39, 0.29) is 23.8 Å². The first kappa shape index (κ1) is 13.6. The molecule has 5 atom stereocenters. The van der Waals surface area contributed by atoms with Crippen LogP contribution in [0.4, 0.5) is 8.78 Å². The monoisotopic (exact) mass is 316 g/mol. The third kappa shape index (κ3) is 1.56. The number of halogens is 2. The van der Waals surface area contributed by atoms with Gasteiger partial charge >= 0.3 is 15.4 Å². The third-order valence-corrected chi connectivity index (χ3v) is 6.50. The average molecular weight is 316 g/mol. The van der Waals surface area contributed by atoms with E-state index < -0.39 is 21.2 Å². The largest absolute Gasteiger partial charge is 0.430 e. The molecule has 0 aromatic heterocycles. The maximum atomic E-state index is 13.6. The molecule has 7 heteroatoms. The van der Waals surface area contributed by atoms with Crippen molar-refractivity contribution in [3.63, 3.8) is 0 Å². The van der Waals surface area contributed by atoms with Gasteiger partial charge in [0.25, 0.3) is 0 Å². The quantitative estimate of drug-likeness (QED) is 0.492. The lowest BCUT2D eigenvalue weighted by Crippen LogP contribution is -2.40. The van der Waals surface area contributed by atoms with E-state index in [1.54, 1.807) is 0 Å². The number of carbonyl (C=O) groups excluding carboxylic acids is 1. The number of Topliss-reactive ketones (excluding diaryl/α,β-unsaturated/α-hetero) is 1. The summed E-state index contributed by atoms with van der Waals surface area (Å²) in [6.07, 6.45) is 6.11. The summed E-state index contributed by atoms with van der Waals surface area (Å²) in [5, 5.41) is -4.73. The molecular weight excluding hydrogens is 302 g/mol. The molecule has 21 heavy (non-hydrogen) atoms. The minimum atomic E-state index is -5.72. The maximum absolute atomic E-state index is 13.6. The fourth-order valence-electron chi connectivity index (χ4n) is 5.01. The summed E-state index contributed by atoms with van der Waals surface area (Å²) < 4.78 is 57.3. The zero-order valence-corrected chi connectivity index (χ0v) is 11.8. The van der Waals surface area contributed by atoms with E-state index in [4.69, 9.17) is 4.55 Å². The SMILES string of the molecule is O=C(C1=C2CC(C1)C1C3C=CC(C3)C21)C(F)(F)S(=O)(=O)O. The van der Waals surface area contributed by atoms with Crippen molar-refractivity contribution in [3.05, 3.63) is 23.3 Å². The van der Waals surface area contributed by atoms with Crippen LogP contribution in [-0.4, -0.2) is 24.0 Å². The molecule has 0 aromatic rings. The fourth-order valence-corrected chi connectivity index (χ4v) is 5.36. The Morgan fingerprint density at radius 1 is 1.24 bits per heavy atom. The summed E-state index contributed by atoms with van der Waals surface area (Å²) in [6.45, 7) is 0. The van der Waals surface area contributed by atoms with Gasteiger partial charge in [-0.1, -0.05) is 17.7 Å². The highest BCUT2D eigenvalue weighted by molar-refractivity contribution is 7.87. The summed E-state index contributed by atoms with van der Waals surface area (Å²) in [5.41, 5.74) is 0.667. The average Bonchev–Trinajstić information content (AvgIpc) is 3.13. The number of rotatable bonds is 3. The van der Waals surface area contributed by atoms with Crippen molar-refractivity contribution in [2.45, 2.75) is 24.5 Å². The predicted octanol–water partition coefficient (Wildman–Crippen LogP) is 2.19. The van der Waals surface area contributed by atoms with Gasteiger partial charge in [0.05, 0.1) is 0 Å². The Hall–Kier alpha value is -1.08. The molecule has 0 heterocycles. The molecule has 1 N–H and O–H groups in total. The van der Waals surface area contributed by atoms with Crippen LogP contribution in [0.15, 0.2) is 23.3 Å². The van der Waals surface area contributed by atoms with Crippen LogP contribution in [0.25, 0.3) is 0 Å². The van der Waals surface area contributed by atoms with Gasteiger partial charge in [0.2, 0.25) is 5.78 Å². The number of carbonyl (C=O) groups is 1. The molecule has 114 valence electrons. The standard InChI is InChI=1S/C14H14F2O4S/c15-14(16,21(18,19)20)13(17)10-5-8-4-9(10)12-7-2-1-6(3-7)11(8)12/h1-2,6-8,11-12H,3-5H2,(H,18,19,20). The predicted molar refractivity (Wildman–Crippen MR) is 69.0 cm³/mol. The molecule has 0 aliphatic heterocycles. The van der Waals surface area contributed by atoms with Crippen LogP contribution in [-0.2, 0) is 14.9 Å². The third-order valence-electron chi connectivity index (χ3n) is 5.67. The minimum Gasteiger partial charge on any atom is -0.286 e.